The van der Waals surface area contributed by atoms with E-state index in [2.05, 4.69) is 27.4 Å². The van der Waals surface area contributed by atoms with E-state index in [1.165, 1.54) is 51.4 Å². The lowest BCUT2D eigenvalue weighted by Crippen LogP contribution is -2.15. The highest BCUT2D eigenvalue weighted by Gasteiger charge is 2.18. The second-order valence-electron chi connectivity index (χ2n) is 11.2. The number of hydrogen-bond acceptors (Lipinski definition) is 6. The molecule has 44 heavy (non-hydrogen) atoms. The van der Waals surface area contributed by atoms with Crippen LogP contribution in [0.3, 0.4) is 0 Å². The molecular weight excluding hydrogens is 552 g/mol. The zero-order valence-electron chi connectivity index (χ0n) is 27.8. The molecule has 2 aromatic carbocycles. The minimum atomic E-state index is -0.444. The molecule has 0 spiro atoms. The van der Waals surface area contributed by atoms with E-state index < -0.39 is 11.9 Å². The second kappa shape index (κ2) is 25.0. The van der Waals surface area contributed by atoms with E-state index in [1.807, 2.05) is 24.3 Å². The van der Waals surface area contributed by atoms with Crippen molar-refractivity contribution in [3.8, 4) is 5.75 Å². The van der Waals surface area contributed by atoms with E-state index in [0.29, 0.717) is 35.7 Å². The van der Waals surface area contributed by atoms with Crippen LogP contribution in [0, 0.1) is 0 Å². The third-order valence-corrected chi connectivity index (χ3v) is 7.15. The Hall–Kier alpha value is -3.41. The molecule has 0 unspecified atom stereocenters. The molecule has 0 aromatic heterocycles. The first-order chi connectivity index (χ1) is 21.3. The zero-order chi connectivity index (χ0) is 32.4. The molecule has 0 N–H and O–H groups in total. The standard InChI is InChI=1S/C24H38O4.C14H18O2/c1-3-5-7-9-11-15-19-27-23(25)21-17-13-14-18-22(21)24(26)28-20-16-12-10-8-6-4-2;1-4-5-8-12-9-6-7-10-13(12)16-14(15)11(2)3/h13-14,17-18H,3-12,15-16,19-20H2,1-2H3;6-7,9-10H,2,4-5,8H2,1,3H3. The van der Waals surface area contributed by atoms with Crippen LogP contribution in [0.5, 0.6) is 5.75 Å². The van der Waals surface area contributed by atoms with Crippen molar-refractivity contribution in [2.45, 2.75) is 124 Å². The van der Waals surface area contributed by atoms with E-state index in [0.717, 1.165) is 50.5 Å². The van der Waals surface area contributed by atoms with Crippen molar-refractivity contribution in [3.63, 3.8) is 0 Å². The summed E-state index contributed by atoms with van der Waals surface area (Å²) in [4.78, 5) is 36.1. The number of carbonyl (C=O) groups excluding carboxylic acids is 3. The molecule has 0 heterocycles. The van der Waals surface area contributed by atoms with E-state index in [1.54, 1.807) is 31.2 Å². The number of rotatable bonds is 21. The average Bonchev–Trinajstić information content (AvgIpc) is 3.03. The fourth-order valence-corrected chi connectivity index (χ4v) is 4.45. The maximum Gasteiger partial charge on any atom is 0.339 e. The number of ether oxygens (including phenoxy) is 3. The Morgan fingerprint density at radius 2 is 1.02 bits per heavy atom. The Morgan fingerprint density at radius 1 is 0.591 bits per heavy atom. The van der Waals surface area contributed by atoms with Gasteiger partial charge in [-0.15, -0.1) is 0 Å². The SMILES string of the molecule is C=C(C)C(=O)Oc1ccccc1CCCC.CCCCCCCCOC(=O)c1ccccc1C(=O)OCCCCCCCC. The van der Waals surface area contributed by atoms with Crippen LogP contribution in [0.1, 0.15) is 144 Å². The average molecular weight is 609 g/mol. The normalized spacial score (nSPS) is 10.4. The summed E-state index contributed by atoms with van der Waals surface area (Å²) in [6.45, 7) is 12.5. The number of hydrogen-bond donors (Lipinski definition) is 0. The first kappa shape index (κ1) is 38.6. The van der Waals surface area contributed by atoms with Gasteiger partial charge in [0.2, 0.25) is 0 Å². The summed E-state index contributed by atoms with van der Waals surface area (Å²) in [5.41, 5.74) is 2.09. The molecule has 0 fully saturated rings. The van der Waals surface area contributed by atoms with Crippen LogP contribution < -0.4 is 4.74 Å². The van der Waals surface area contributed by atoms with Crippen LogP contribution in [-0.4, -0.2) is 31.1 Å². The van der Waals surface area contributed by atoms with Crippen molar-refractivity contribution in [2.24, 2.45) is 0 Å². The molecule has 244 valence electrons. The molecule has 0 aliphatic carbocycles. The van der Waals surface area contributed by atoms with Crippen LogP contribution in [0.4, 0.5) is 0 Å². The minimum absolute atomic E-state index is 0.293. The third-order valence-electron chi connectivity index (χ3n) is 7.15. The Labute approximate surface area is 266 Å². The van der Waals surface area contributed by atoms with Crippen molar-refractivity contribution in [1.29, 1.82) is 0 Å². The van der Waals surface area contributed by atoms with Crippen LogP contribution in [0.25, 0.3) is 0 Å². The maximum absolute atomic E-state index is 12.4. The molecule has 6 heteroatoms. The summed E-state index contributed by atoms with van der Waals surface area (Å²) in [5, 5.41) is 0. The van der Waals surface area contributed by atoms with Gasteiger partial charge in [0.25, 0.3) is 0 Å². The Balaban J connectivity index is 0.000000511. The van der Waals surface area contributed by atoms with Crippen molar-refractivity contribution < 1.29 is 28.6 Å². The van der Waals surface area contributed by atoms with E-state index in [-0.39, 0.29) is 5.97 Å². The minimum Gasteiger partial charge on any atom is -0.462 e. The highest BCUT2D eigenvalue weighted by Crippen LogP contribution is 2.21. The number of aryl methyl sites for hydroxylation is 1. The fourth-order valence-electron chi connectivity index (χ4n) is 4.45. The summed E-state index contributed by atoms with van der Waals surface area (Å²) < 4.78 is 16.0. The second-order valence-corrected chi connectivity index (χ2v) is 11.2. The third kappa shape index (κ3) is 17.0. The lowest BCUT2D eigenvalue weighted by molar-refractivity contribution is -0.130. The molecule has 6 nitrogen and oxygen atoms in total. The smallest absolute Gasteiger partial charge is 0.339 e. The van der Waals surface area contributed by atoms with E-state index in [9.17, 15) is 14.4 Å². The van der Waals surface area contributed by atoms with Gasteiger partial charge < -0.3 is 14.2 Å². The van der Waals surface area contributed by atoms with Crippen molar-refractivity contribution in [3.05, 3.63) is 77.4 Å². The van der Waals surface area contributed by atoms with Crippen molar-refractivity contribution in [2.75, 3.05) is 13.2 Å². The lowest BCUT2D eigenvalue weighted by atomic mass is 10.1. The molecule has 0 saturated carbocycles. The van der Waals surface area contributed by atoms with E-state index in [4.69, 9.17) is 14.2 Å². The number of para-hydroxylation sites is 1. The highest BCUT2D eigenvalue weighted by molar-refractivity contribution is 6.03. The van der Waals surface area contributed by atoms with Gasteiger partial charge in [-0.05, 0) is 56.4 Å². The molecule has 0 aliphatic heterocycles. The predicted molar refractivity (Wildman–Crippen MR) is 179 cm³/mol. The van der Waals surface area contributed by atoms with Gasteiger partial charge in [-0.25, -0.2) is 14.4 Å². The molecule has 0 bridgehead atoms. The molecule has 0 radical (unpaired) electrons. The quantitative estimate of drug-likeness (QED) is 0.0607. The van der Waals surface area contributed by atoms with Crippen molar-refractivity contribution >= 4 is 17.9 Å². The number of unbranched alkanes of at least 4 members (excludes halogenated alkanes) is 11. The van der Waals surface area contributed by atoms with Gasteiger partial charge in [0.15, 0.2) is 0 Å². The molecule has 0 aliphatic rings. The fraction of sp³-hybridized carbons (Fsp3) is 0.553. The number of benzene rings is 2. The van der Waals surface area contributed by atoms with Gasteiger partial charge in [-0.2, -0.15) is 0 Å². The molecule has 2 aromatic rings. The monoisotopic (exact) mass is 608 g/mol. The number of carbonyl (C=O) groups is 3. The first-order valence-electron chi connectivity index (χ1n) is 16.7. The summed E-state index contributed by atoms with van der Waals surface area (Å²) in [5.74, 6) is -0.589. The molecule has 0 amide bonds. The predicted octanol–water partition coefficient (Wildman–Crippen LogP) is 10.2. The molecule has 0 saturated heterocycles. The maximum atomic E-state index is 12.4. The van der Waals surface area contributed by atoms with Crippen LogP contribution in [0.2, 0.25) is 0 Å². The van der Waals surface area contributed by atoms with E-state index >= 15 is 0 Å². The lowest BCUT2D eigenvalue weighted by Gasteiger charge is -2.10. The molecule has 0 atom stereocenters. The van der Waals surface area contributed by atoms with Crippen molar-refractivity contribution in [1.82, 2.24) is 0 Å². The van der Waals surface area contributed by atoms with Crippen LogP contribution in [-0.2, 0) is 20.7 Å². The largest absolute Gasteiger partial charge is 0.462 e. The van der Waals surface area contributed by atoms with Gasteiger partial charge in [-0.3, -0.25) is 0 Å². The molecule has 2 rings (SSSR count). The summed E-state index contributed by atoms with van der Waals surface area (Å²) in [7, 11) is 0. The first-order valence-corrected chi connectivity index (χ1v) is 16.7. The highest BCUT2D eigenvalue weighted by atomic mass is 16.5. The zero-order valence-corrected chi connectivity index (χ0v) is 27.8. The Kier molecular flexibility index (Phi) is 21.9. The topological polar surface area (TPSA) is 78.9 Å². The van der Waals surface area contributed by atoms with Crippen LogP contribution >= 0.6 is 0 Å². The summed E-state index contributed by atoms with van der Waals surface area (Å²) >= 11 is 0. The number of esters is 3. The van der Waals surface area contributed by atoms with Gasteiger partial charge >= 0.3 is 17.9 Å². The van der Waals surface area contributed by atoms with Crippen LogP contribution in [0.15, 0.2) is 60.7 Å². The Morgan fingerprint density at radius 3 is 1.50 bits per heavy atom. The summed E-state index contributed by atoms with van der Waals surface area (Å²) in [6.07, 6.45) is 16.8. The molecular formula is C38H56O6. The Bertz CT molecular complexity index is 1060. The van der Waals surface area contributed by atoms with Gasteiger partial charge in [-0.1, -0.05) is 128 Å². The van der Waals surface area contributed by atoms with Gasteiger partial charge in [0.05, 0.1) is 24.3 Å². The van der Waals surface area contributed by atoms with Gasteiger partial charge in [0.1, 0.15) is 5.75 Å². The summed E-state index contributed by atoms with van der Waals surface area (Å²) in [6, 6.07) is 14.4. The van der Waals surface area contributed by atoms with Gasteiger partial charge in [0, 0.05) is 5.57 Å².